The Labute approximate surface area is 133 Å². The van der Waals surface area contributed by atoms with E-state index >= 15 is 0 Å². The molecule has 5 nitrogen and oxygen atoms in total. The highest BCUT2D eigenvalue weighted by molar-refractivity contribution is 9.10. The molecule has 0 radical (unpaired) electrons. The van der Waals surface area contributed by atoms with Gasteiger partial charge in [0.05, 0.1) is 0 Å². The molecular weight excluding hydrogens is 354 g/mol. The number of anilines is 1. The molecule has 1 aromatic carbocycles. The minimum atomic E-state index is -3.57. The molecule has 1 heterocycles. The molecule has 1 aromatic heterocycles. The van der Waals surface area contributed by atoms with Crippen LogP contribution in [0.4, 0.5) is 5.69 Å². The van der Waals surface area contributed by atoms with Crippen LogP contribution in [0.1, 0.15) is 12.6 Å². The van der Waals surface area contributed by atoms with E-state index in [0.29, 0.717) is 12.2 Å². The smallest absolute Gasteiger partial charge is 0.263 e. The summed E-state index contributed by atoms with van der Waals surface area (Å²) in [4.78, 5) is 0.265. The summed E-state index contributed by atoms with van der Waals surface area (Å²) < 4.78 is 30.0. The van der Waals surface area contributed by atoms with Crippen LogP contribution < -0.4 is 10.0 Å². The molecule has 0 unspecified atom stereocenters. The quantitative estimate of drug-likeness (QED) is 0.820. The molecule has 0 spiro atoms. The van der Waals surface area contributed by atoms with Gasteiger partial charge in [-0.3, -0.25) is 4.72 Å². The first-order chi connectivity index (χ1) is 9.92. The molecule has 2 aromatic rings. The minimum Gasteiger partial charge on any atom is -0.352 e. The van der Waals surface area contributed by atoms with Gasteiger partial charge >= 0.3 is 0 Å². The lowest BCUT2D eigenvalue weighted by Crippen LogP contribution is -2.14. The Morgan fingerprint density at radius 3 is 2.52 bits per heavy atom. The van der Waals surface area contributed by atoms with Crippen molar-refractivity contribution in [1.82, 2.24) is 9.88 Å². The van der Waals surface area contributed by atoms with Crippen molar-refractivity contribution in [3.8, 4) is 0 Å². The van der Waals surface area contributed by atoms with Gasteiger partial charge in [0.25, 0.3) is 10.0 Å². The molecule has 2 rings (SSSR count). The Morgan fingerprint density at radius 2 is 1.90 bits per heavy atom. The SMILES string of the molecule is CCNCc1cc(S(=O)(=O)Nc2ccc(Br)cc2)cn1C. The van der Waals surface area contributed by atoms with Gasteiger partial charge in [-0.25, -0.2) is 8.42 Å². The summed E-state index contributed by atoms with van der Waals surface area (Å²) in [5.74, 6) is 0. The van der Waals surface area contributed by atoms with Crippen LogP contribution in [0.3, 0.4) is 0 Å². The van der Waals surface area contributed by atoms with E-state index in [-0.39, 0.29) is 4.90 Å². The number of rotatable bonds is 6. The molecule has 0 bridgehead atoms. The monoisotopic (exact) mass is 371 g/mol. The van der Waals surface area contributed by atoms with Crippen molar-refractivity contribution in [1.29, 1.82) is 0 Å². The number of aromatic nitrogens is 1. The van der Waals surface area contributed by atoms with Crippen LogP contribution in [0.5, 0.6) is 0 Å². The van der Waals surface area contributed by atoms with Crippen molar-refractivity contribution in [3.63, 3.8) is 0 Å². The van der Waals surface area contributed by atoms with Gasteiger partial charge < -0.3 is 9.88 Å². The highest BCUT2D eigenvalue weighted by atomic mass is 79.9. The summed E-state index contributed by atoms with van der Waals surface area (Å²) in [6, 6.07) is 8.69. The number of halogens is 1. The largest absolute Gasteiger partial charge is 0.352 e. The summed E-state index contributed by atoms with van der Waals surface area (Å²) >= 11 is 3.32. The molecule has 0 aliphatic carbocycles. The lowest BCUT2D eigenvalue weighted by atomic mass is 10.3. The Morgan fingerprint density at radius 1 is 1.24 bits per heavy atom. The Hall–Kier alpha value is -1.31. The predicted molar refractivity (Wildman–Crippen MR) is 87.7 cm³/mol. The summed E-state index contributed by atoms with van der Waals surface area (Å²) in [5, 5.41) is 3.18. The molecule has 0 aliphatic heterocycles. The summed E-state index contributed by atoms with van der Waals surface area (Å²) in [5.41, 5.74) is 1.46. The number of aryl methyl sites for hydroxylation is 1. The van der Waals surface area contributed by atoms with E-state index in [1.807, 2.05) is 18.5 Å². The molecule has 21 heavy (non-hydrogen) atoms. The van der Waals surface area contributed by atoms with Gasteiger partial charge in [-0.05, 0) is 36.9 Å². The van der Waals surface area contributed by atoms with Crippen molar-refractivity contribution in [2.24, 2.45) is 7.05 Å². The summed E-state index contributed by atoms with van der Waals surface area (Å²) in [7, 11) is -1.73. The number of sulfonamides is 1. The van der Waals surface area contributed by atoms with Gasteiger partial charge in [-0.15, -0.1) is 0 Å². The van der Waals surface area contributed by atoms with Crippen molar-refractivity contribution in [3.05, 3.63) is 46.7 Å². The lowest BCUT2D eigenvalue weighted by Gasteiger charge is -2.06. The van der Waals surface area contributed by atoms with E-state index in [1.54, 1.807) is 36.5 Å². The van der Waals surface area contributed by atoms with Crippen LogP contribution in [0.2, 0.25) is 0 Å². The summed E-state index contributed by atoms with van der Waals surface area (Å²) in [6.07, 6.45) is 1.62. The Kier molecular flexibility index (Phi) is 5.08. The maximum Gasteiger partial charge on any atom is 0.263 e. The fourth-order valence-corrected chi connectivity index (χ4v) is 3.30. The van der Waals surface area contributed by atoms with Crippen molar-refractivity contribution >= 4 is 31.6 Å². The van der Waals surface area contributed by atoms with Crippen LogP contribution in [-0.4, -0.2) is 19.5 Å². The zero-order valence-electron chi connectivity index (χ0n) is 11.9. The predicted octanol–water partition coefficient (Wildman–Crippen LogP) is 2.70. The van der Waals surface area contributed by atoms with Crippen LogP contribution in [0, 0.1) is 0 Å². The molecule has 0 fully saturated rings. The second-order valence-electron chi connectivity index (χ2n) is 4.67. The van der Waals surface area contributed by atoms with Gasteiger partial charge in [0.15, 0.2) is 0 Å². The third kappa shape index (κ3) is 4.09. The van der Waals surface area contributed by atoms with Gasteiger partial charge in [0.1, 0.15) is 4.90 Å². The Bertz CT molecular complexity index is 708. The van der Waals surface area contributed by atoms with Crippen LogP contribution in [-0.2, 0) is 23.6 Å². The van der Waals surface area contributed by atoms with E-state index in [0.717, 1.165) is 16.7 Å². The molecule has 114 valence electrons. The van der Waals surface area contributed by atoms with Crippen LogP contribution in [0.25, 0.3) is 0 Å². The molecule has 2 N–H and O–H groups in total. The fourth-order valence-electron chi connectivity index (χ4n) is 1.88. The second kappa shape index (κ2) is 6.64. The molecule has 0 atom stereocenters. The zero-order chi connectivity index (χ0) is 15.5. The normalized spacial score (nSPS) is 11.6. The van der Waals surface area contributed by atoms with E-state index in [1.165, 1.54) is 0 Å². The molecule has 0 saturated heterocycles. The molecule has 0 aliphatic rings. The average molecular weight is 372 g/mol. The highest BCUT2D eigenvalue weighted by Gasteiger charge is 2.17. The second-order valence-corrected chi connectivity index (χ2v) is 7.27. The zero-order valence-corrected chi connectivity index (χ0v) is 14.3. The van der Waals surface area contributed by atoms with E-state index < -0.39 is 10.0 Å². The minimum absolute atomic E-state index is 0.265. The molecule has 0 amide bonds. The average Bonchev–Trinajstić information content (AvgIpc) is 2.81. The number of nitrogens with zero attached hydrogens (tertiary/aromatic N) is 1. The number of hydrogen-bond donors (Lipinski definition) is 2. The standard InChI is InChI=1S/C14H18BrN3O2S/c1-3-16-9-13-8-14(10-18(13)2)21(19,20)17-12-6-4-11(15)5-7-12/h4-8,10,16-17H,3,9H2,1-2H3. The van der Waals surface area contributed by atoms with Gasteiger partial charge in [0.2, 0.25) is 0 Å². The first-order valence-electron chi connectivity index (χ1n) is 6.56. The maximum absolute atomic E-state index is 12.4. The number of benzene rings is 1. The molecule has 0 saturated carbocycles. The Balaban J connectivity index is 2.21. The van der Waals surface area contributed by atoms with Crippen LogP contribution in [0.15, 0.2) is 45.9 Å². The summed E-state index contributed by atoms with van der Waals surface area (Å²) in [6.45, 7) is 3.49. The van der Waals surface area contributed by atoms with Crippen molar-refractivity contribution < 1.29 is 8.42 Å². The number of nitrogens with one attached hydrogen (secondary N) is 2. The maximum atomic E-state index is 12.4. The van der Waals surface area contributed by atoms with E-state index in [4.69, 9.17) is 0 Å². The van der Waals surface area contributed by atoms with Crippen molar-refractivity contribution in [2.75, 3.05) is 11.3 Å². The number of hydrogen-bond acceptors (Lipinski definition) is 3. The third-order valence-corrected chi connectivity index (χ3v) is 4.92. The first-order valence-corrected chi connectivity index (χ1v) is 8.84. The van der Waals surface area contributed by atoms with E-state index in [2.05, 4.69) is 26.0 Å². The highest BCUT2D eigenvalue weighted by Crippen LogP contribution is 2.20. The lowest BCUT2D eigenvalue weighted by molar-refractivity contribution is 0.601. The first kappa shape index (κ1) is 16.1. The van der Waals surface area contributed by atoms with Gasteiger partial charge in [-0.2, -0.15) is 0 Å². The van der Waals surface area contributed by atoms with Gasteiger partial charge in [0, 0.05) is 35.6 Å². The molecular formula is C14H18BrN3O2S. The molecule has 7 heteroatoms. The van der Waals surface area contributed by atoms with Crippen molar-refractivity contribution in [2.45, 2.75) is 18.4 Å². The van der Waals surface area contributed by atoms with Gasteiger partial charge in [-0.1, -0.05) is 22.9 Å². The fraction of sp³-hybridized carbons (Fsp3) is 0.286. The van der Waals surface area contributed by atoms with E-state index in [9.17, 15) is 8.42 Å². The third-order valence-electron chi connectivity index (χ3n) is 3.05. The van der Waals surface area contributed by atoms with Crippen LogP contribution >= 0.6 is 15.9 Å². The topological polar surface area (TPSA) is 63.1 Å².